The number of fused-ring (bicyclic) bond motifs is 1. The van der Waals surface area contributed by atoms with Crippen molar-refractivity contribution in [3.8, 4) is 0 Å². The number of hydrogen-bond donors (Lipinski definition) is 1. The fraction of sp³-hybridized carbons (Fsp3) is 0.273. The summed E-state index contributed by atoms with van der Waals surface area (Å²) in [4.78, 5) is 0. The Hall–Kier alpha value is -1.28. The average Bonchev–Trinajstić information content (AvgIpc) is 2.48. The van der Waals surface area contributed by atoms with Gasteiger partial charge in [-0.25, -0.2) is 0 Å². The largest absolute Gasteiger partial charge is 0.389 e. The van der Waals surface area contributed by atoms with E-state index in [-0.39, 0.29) is 0 Å². The molecule has 0 radical (unpaired) electrons. The molecule has 1 atom stereocenters. The van der Waals surface area contributed by atoms with E-state index in [1.165, 1.54) is 5.39 Å². The molecule has 0 aliphatic carbocycles. The molecule has 1 aromatic carbocycles. The summed E-state index contributed by atoms with van der Waals surface area (Å²) >= 11 is 0. The highest BCUT2D eigenvalue weighted by atomic mass is 16.3. The van der Waals surface area contributed by atoms with Gasteiger partial charge in [-0.15, -0.1) is 0 Å². The topological polar surface area (TPSA) is 25.2 Å². The van der Waals surface area contributed by atoms with Crippen LogP contribution >= 0.6 is 0 Å². The van der Waals surface area contributed by atoms with Crippen molar-refractivity contribution in [3.05, 3.63) is 36.0 Å². The lowest BCUT2D eigenvalue weighted by atomic mass is 10.1. The van der Waals surface area contributed by atoms with Gasteiger partial charge in [0.25, 0.3) is 0 Å². The van der Waals surface area contributed by atoms with Gasteiger partial charge in [0, 0.05) is 18.8 Å². The Morgan fingerprint density at radius 2 is 2.08 bits per heavy atom. The van der Waals surface area contributed by atoms with Gasteiger partial charge in [0.15, 0.2) is 0 Å². The highest BCUT2D eigenvalue weighted by Gasteiger charge is 2.07. The van der Waals surface area contributed by atoms with Crippen LogP contribution in [0.1, 0.15) is 18.6 Å². The molecule has 68 valence electrons. The summed E-state index contributed by atoms with van der Waals surface area (Å²) < 4.78 is 2.04. The van der Waals surface area contributed by atoms with Gasteiger partial charge in [0.2, 0.25) is 0 Å². The van der Waals surface area contributed by atoms with Gasteiger partial charge < -0.3 is 9.67 Å². The zero-order valence-corrected chi connectivity index (χ0v) is 7.86. The van der Waals surface area contributed by atoms with Crippen molar-refractivity contribution in [2.24, 2.45) is 7.05 Å². The van der Waals surface area contributed by atoms with Crippen LogP contribution in [-0.2, 0) is 7.05 Å². The first-order chi connectivity index (χ1) is 6.20. The average molecular weight is 175 g/mol. The number of rotatable bonds is 1. The van der Waals surface area contributed by atoms with Crippen LogP contribution in [0.25, 0.3) is 10.9 Å². The molecule has 2 heteroatoms. The minimum absolute atomic E-state index is 0.405. The molecule has 0 saturated carbocycles. The molecule has 1 aromatic heterocycles. The summed E-state index contributed by atoms with van der Waals surface area (Å²) in [6, 6.07) is 8.06. The van der Waals surface area contributed by atoms with Crippen LogP contribution < -0.4 is 0 Å². The van der Waals surface area contributed by atoms with E-state index in [1.807, 2.05) is 29.9 Å². The number of aliphatic hydroxyl groups excluding tert-OH is 1. The van der Waals surface area contributed by atoms with Crippen molar-refractivity contribution < 1.29 is 5.11 Å². The van der Waals surface area contributed by atoms with E-state index >= 15 is 0 Å². The van der Waals surface area contributed by atoms with E-state index in [1.54, 1.807) is 6.92 Å². The summed E-state index contributed by atoms with van der Waals surface area (Å²) in [7, 11) is 1.99. The van der Waals surface area contributed by atoms with Crippen molar-refractivity contribution in [3.63, 3.8) is 0 Å². The zero-order valence-electron chi connectivity index (χ0n) is 7.86. The van der Waals surface area contributed by atoms with Crippen LogP contribution in [0, 0.1) is 0 Å². The monoisotopic (exact) mass is 175 g/mol. The molecular formula is C11H13NO. The van der Waals surface area contributed by atoms with Crippen molar-refractivity contribution >= 4 is 10.9 Å². The van der Waals surface area contributed by atoms with Gasteiger partial charge in [-0.05, 0) is 18.4 Å². The summed E-state index contributed by atoms with van der Waals surface area (Å²) in [5.41, 5.74) is 2.11. The Kier molecular flexibility index (Phi) is 1.85. The molecule has 1 unspecified atom stereocenters. The summed E-state index contributed by atoms with van der Waals surface area (Å²) in [6.45, 7) is 1.79. The lowest BCUT2D eigenvalue weighted by Gasteiger charge is -2.08. The van der Waals surface area contributed by atoms with Gasteiger partial charge in [0.05, 0.1) is 11.6 Å². The van der Waals surface area contributed by atoms with E-state index in [0.29, 0.717) is 0 Å². The van der Waals surface area contributed by atoms with Crippen molar-refractivity contribution in [2.45, 2.75) is 13.0 Å². The van der Waals surface area contributed by atoms with Crippen molar-refractivity contribution in [2.75, 3.05) is 0 Å². The molecule has 2 aromatic rings. The highest BCUT2D eigenvalue weighted by Crippen LogP contribution is 2.24. The molecule has 0 bridgehead atoms. The minimum Gasteiger partial charge on any atom is -0.389 e. The Labute approximate surface area is 77.4 Å². The molecule has 2 nitrogen and oxygen atoms in total. The van der Waals surface area contributed by atoms with E-state index in [0.717, 1.165) is 11.1 Å². The van der Waals surface area contributed by atoms with E-state index < -0.39 is 6.10 Å². The molecule has 1 heterocycles. The van der Waals surface area contributed by atoms with Gasteiger partial charge in [-0.3, -0.25) is 0 Å². The Bertz CT molecular complexity index is 429. The first kappa shape index (κ1) is 8.32. The van der Waals surface area contributed by atoms with Crippen LogP contribution in [0.2, 0.25) is 0 Å². The lowest BCUT2D eigenvalue weighted by molar-refractivity contribution is 0.200. The molecule has 13 heavy (non-hydrogen) atoms. The van der Waals surface area contributed by atoms with Crippen LogP contribution in [0.3, 0.4) is 0 Å². The number of aliphatic hydroxyl groups is 1. The Morgan fingerprint density at radius 3 is 2.77 bits per heavy atom. The number of aryl methyl sites for hydroxylation is 1. The molecule has 0 saturated heterocycles. The maximum atomic E-state index is 9.55. The number of benzene rings is 1. The lowest BCUT2D eigenvalue weighted by Crippen LogP contribution is -1.95. The fourth-order valence-corrected chi connectivity index (χ4v) is 1.73. The molecule has 2 rings (SSSR count). The first-order valence-electron chi connectivity index (χ1n) is 4.42. The highest BCUT2D eigenvalue weighted by molar-refractivity contribution is 5.83. The molecule has 0 aliphatic heterocycles. The second kappa shape index (κ2) is 2.89. The third-order valence-corrected chi connectivity index (χ3v) is 2.38. The molecule has 0 aliphatic rings. The maximum absolute atomic E-state index is 9.55. The molecule has 1 N–H and O–H groups in total. The SMILES string of the molecule is CC(O)c1cccc2ccn(C)c12. The van der Waals surface area contributed by atoms with E-state index in [4.69, 9.17) is 0 Å². The summed E-state index contributed by atoms with van der Waals surface area (Å²) in [6.07, 6.45) is 1.61. The van der Waals surface area contributed by atoms with Crippen LogP contribution in [0.4, 0.5) is 0 Å². The number of aromatic nitrogens is 1. The Balaban J connectivity index is 2.80. The normalized spacial score (nSPS) is 13.5. The fourth-order valence-electron chi connectivity index (χ4n) is 1.73. The summed E-state index contributed by atoms with van der Waals surface area (Å²) in [5.74, 6) is 0. The van der Waals surface area contributed by atoms with Crippen LogP contribution in [0.15, 0.2) is 30.5 Å². The van der Waals surface area contributed by atoms with Crippen molar-refractivity contribution in [1.82, 2.24) is 4.57 Å². The molecule has 0 amide bonds. The smallest absolute Gasteiger partial charge is 0.0782 e. The Morgan fingerprint density at radius 1 is 1.31 bits per heavy atom. The minimum atomic E-state index is -0.405. The predicted octanol–water partition coefficient (Wildman–Crippen LogP) is 2.23. The standard InChI is InChI=1S/C11H13NO/c1-8(13)10-5-3-4-9-6-7-12(2)11(9)10/h3-8,13H,1-2H3. The maximum Gasteiger partial charge on any atom is 0.0782 e. The number of hydrogen-bond acceptors (Lipinski definition) is 1. The number of para-hydroxylation sites is 1. The van der Waals surface area contributed by atoms with Crippen LogP contribution in [-0.4, -0.2) is 9.67 Å². The third-order valence-electron chi connectivity index (χ3n) is 2.38. The van der Waals surface area contributed by atoms with Gasteiger partial charge in [-0.2, -0.15) is 0 Å². The molecule has 0 fully saturated rings. The van der Waals surface area contributed by atoms with E-state index in [9.17, 15) is 5.11 Å². The van der Waals surface area contributed by atoms with Gasteiger partial charge in [0.1, 0.15) is 0 Å². The second-order valence-electron chi connectivity index (χ2n) is 3.39. The summed E-state index contributed by atoms with van der Waals surface area (Å²) in [5, 5.41) is 10.7. The zero-order chi connectivity index (χ0) is 9.42. The van der Waals surface area contributed by atoms with Gasteiger partial charge in [-0.1, -0.05) is 18.2 Å². The molecule has 0 spiro atoms. The molecular weight excluding hydrogens is 162 g/mol. The quantitative estimate of drug-likeness (QED) is 0.706. The number of nitrogens with zero attached hydrogens (tertiary/aromatic N) is 1. The van der Waals surface area contributed by atoms with Crippen LogP contribution in [0.5, 0.6) is 0 Å². The van der Waals surface area contributed by atoms with Gasteiger partial charge >= 0.3 is 0 Å². The second-order valence-corrected chi connectivity index (χ2v) is 3.39. The van der Waals surface area contributed by atoms with Crippen molar-refractivity contribution in [1.29, 1.82) is 0 Å². The third kappa shape index (κ3) is 1.23. The first-order valence-corrected chi connectivity index (χ1v) is 4.42. The predicted molar refractivity (Wildman–Crippen MR) is 53.6 cm³/mol. The van der Waals surface area contributed by atoms with E-state index in [2.05, 4.69) is 12.1 Å².